The lowest BCUT2D eigenvalue weighted by molar-refractivity contribution is 0.301. The van der Waals surface area contributed by atoms with E-state index in [1.54, 1.807) is 11.3 Å². The molecule has 1 rings (SSSR count). The van der Waals surface area contributed by atoms with Gasteiger partial charge in [0.1, 0.15) is 0 Å². The Kier molecular flexibility index (Phi) is 5.09. The second-order valence-electron chi connectivity index (χ2n) is 3.62. The van der Waals surface area contributed by atoms with Gasteiger partial charge in [-0.15, -0.1) is 11.3 Å². The third-order valence-electron chi connectivity index (χ3n) is 2.14. The Labute approximate surface area is 98.2 Å². The predicted octanol–water partition coefficient (Wildman–Crippen LogP) is 2.68. The summed E-state index contributed by atoms with van der Waals surface area (Å²) in [5.41, 5.74) is 7.24. The first-order valence-corrected chi connectivity index (χ1v) is 6.46. The Hall–Kier alpha value is 0.100. The average molecular weight is 277 g/mol. The Morgan fingerprint density at radius 3 is 2.86 bits per heavy atom. The molecule has 14 heavy (non-hydrogen) atoms. The van der Waals surface area contributed by atoms with E-state index in [9.17, 15) is 0 Å². The van der Waals surface area contributed by atoms with Gasteiger partial charge in [0.25, 0.3) is 0 Å². The van der Waals surface area contributed by atoms with Crippen LogP contribution in [0.1, 0.15) is 18.9 Å². The van der Waals surface area contributed by atoms with Crippen molar-refractivity contribution in [3.8, 4) is 0 Å². The van der Waals surface area contributed by atoms with Crippen molar-refractivity contribution in [1.29, 1.82) is 0 Å². The number of hydrogen-bond donors (Lipinski definition) is 1. The van der Waals surface area contributed by atoms with Crippen molar-refractivity contribution in [1.82, 2.24) is 4.90 Å². The van der Waals surface area contributed by atoms with Crippen LogP contribution in [0.15, 0.2) is 15.2 Å². The molecule has 0 fully saturated rings. The molecular weight excluding hydrogens is 260 g/mol. The highest BCUT2D eigenvalue weighted by molar-refractivity contribution is 9.11. The van der Waals surface area contributed by atoms with E-state index in [0.717, 1.165) is 19.5 Å². The van der Waals surface area contributed by atoms with Crippen LogP contribution < -0.4 is 5.73 Å². The van der Waals surface area contributed by atoms with Crippen LogP contribution in [0.3, 0.4) is 0 Å². The van der Waals surface area contributed by atoms with Crippen molar-refractivity contribution < 1.29 is 0 Å². The maximum absolute atomic E-state index is 5.88. The van der Waals surface area contributed by atoms with Gasteiger partial charge in [-0.3, -0.25) is 0 Å². The highest BCUT2D eigenvalue weighted by atomic mass is 79.9. The molecule has 0 saturated carbocycles. The van der Waals surface area contributed by atoms with Gasteiger partial charge in [0.15, 0.2) is 0 Å². The molecule has 0 aliphatic rings. The smallest absolute Gasteiger partial charge is 0.0701 e. The zero-order valence-corrected chi connectivity index (χ0v) is 11.1. The number of halogens is 1. The van der Waals surface area contributed by atoms with Crippen LogP contribution in [-0.4, -0.2) is 24.5 Å². The summed E-state index contributed by atoms with van der Waals surface area (Å²) in [5, 5.41) is 2.18. The van der Waals surface area contributed by atoms with Gasteiger partial charge in [0.2, 0.25) is 0 Å². The van der Waals surface area contributed by atoms with Crippen molar-refractivity contribution >= 4 is 27.3 Å². The standard InChI is InChI=1S/C10H17BrN2S/c1-3-9(12)6-13(2)5-8-4-10(11)14-7-8/h4,7,9H,3,5-6,12H2,1-2H3. The van der Waals surface area contributed by atoms with E-state index in [1.807, 2.05) is 0 Å². The van der Waals surface area contributed by atoms with E-state index in [2.05, 4.69) is 46.2 Å². The van der Waals surface area contributed by atoms with Gasteiger partial charge in [-0.25, -0.2) is 0 Å². The molecule has 80 valence electrons. The Morgan fingerprint density at radius 1 is 1.64 bits per heavy atom. The van der Waals surface area contributed by atoms with Crippen LogP contribution in [0.5, 0.6) is 0 Å². The first-order valence-electron chi connectivity index (χ1n) is 4.78. The average Bonchev–Trinajstić information content (AvgIpc) is 2.50. The highest BCUT2D eigenvalue weighted by Gasteiger charge is 2.06. The Morgan fingerprint density at radius 2 is 2.36 bits per heavy atom. The molecule has 1 aromatic rings. The molecule has 0 aliphatic heterocycles. The van der Waals surface area contributed by atoms with Crippen molar-refractivity contribution in [2.75, 3.05) is 13.6 Å². The first kappa shape index (κ1) is 12.2. The van der Waals surface area contributed by atoms with Crippen molar-refractivity contribution in [2.24, 2.45) is 5.73 Å². The van der Waals surface area contributed by atoms with Crippen molar-refractivity contribution in [2.45, 2.75) is 25.9 Å². The molecule has 0 radical (unpaired) electrons. The lowest BCUT2D eigenvalue weighted by Crippen LogP contribution is -2.34. The minimum atomic E-state index is 0.294. The molecule has 0 aromatic carbocycles. The quantitative estimate of drug-likeness (QED) is 0.896. The summed E-state index contributed by atoms with van der Waals surface area (Å²) in [6.07, 6.45) is 1.04. The third kappa shape index (κ3) is 4.09. The summed E-state index contributed by atoms with van der Waals surface area (Å²) in [6.45, 7) is 4.07. The molecule has 0 spiro atoms. The molecule has 0 saturated heterocycles. The number of nitrogens with zero attached hydrogens (tertiary/aromatic N) is 1. The van der Waals surface area contributed by atoms with E-state index in [4.69, 9.17) is 5.73 Å². The number of nitrogens with two attached hydrogens (primary N) is 1. The fourth-order valence-electron chi connectivity index (χ4n) is 1.33. The minimum Gasteiger partial charge on any atom is -0.327 e. The van der Waals surface area contributed by atoms with Gasteiger partial charge >= 0.3 is 0 Å². The van der Waals surface area contributed by atoms with Crippen LogP contribution in [0, 0.1) is 0 Å². The lowest BCUT2D eigenvalue weighted by Gasteiger charge is -2.19. The molecule has 0 bridgehead atoms. The second-order valence-corrected chi connectivity index (χ2v) is 5.91. The molecule has 1 atom stereocenters. The fourth-order valence-corrected chi connectivity index (χ4v) is 2.53. The third-order valence-corrected chi connectivity index (χ3v) is 3.70. The summed E-state index contributed by atoms with van der Waals surface area (Å²) in [4.78, 5) is 2.27. The molecular formula is C10H17BrN2S. The summed E-state index contributed by atoms with van der Waals surface area (Å²) in [5.74, 6) is 0. The van der Waals surface area contributed by atoms with E-state index in [0.29, 0.717) is 6.04 Å². The molecule has 2 nitrogen and oxygen atoms in total. The zero-order chi connectivity index (χ0) is 10.6. The summed E-state index contributed by atoms with van der Waals surface area (Å²) in [6, 6.07) is 2.46. The molecule has 2 N–H and O–H groups in total. The molecule has 0 amide bonds. The number of hydrogen-bond acceptors (Lipinski definition) is 3. The normalized spacial score (nSPS) is 13.5. The maximum Gasteiger partial charge on any atom is 0.0701 e. The van der Waals surface area contributed by atoms with Crippen molar-refractivity contribution in [3.63, 3.8) is 0 Å². The Balaban J connectivity index is 2.37. The van der Waals surface area contributed by atoms with E-state index >= 15 is 0 Å². The van der Waals surface area contributed by atoms with Crippen LogP contribution in [-0.2, 0) is 6.54 Å². The first-order chi connectivity index (χ1) is 6.61. The highest BCUT2D eigenvalue weighted by Crippen LogP contribution is 2.21. The summed E-state index contributed by atoms with van der Waals surface area (Å²) in [7, 11) is 2.11. The summed E-state index contributed by atoms with van der Waals surface area (Å²) < 4.78 is 1.20. The van der Waals surface area contributed by atoms with E-state index in [1.165, 1.54) is 9.35 Å². The molecule has 0 aliphatic carbocycles. The fraction of sp³-hybridized carbons (Fsp3) is 0.600. The van der Waals surface area contributed by atoms with Crippen molar-refractivity contribution in [3.05, 3.63) is 20.8 Å². The Bertz CT molecular complexity index is 275. The van der Waals surface area contributed by atoms with Crippen LogP contribution in [0.2, 0.25) is 0 Å². The minimum absolute atomic E-state index is 0.294. The topological polar surface area (TPSA) is 29.3 Å². The second kappa shape index (κ2) is 5.85. The van der Waals surface area contributed by atoms with Crippen LogP contribution in [0.25, 0.3) is 0 Å². The van der Waals surface area contributed by atoms with Gasteiger partial charge < -0.3 is 10.6 Å². The summed E-state index contributed by atoms with van der Waals surface area (Å²) >= 11 is 5.19. The van der Waals surface area contributed by atoms with Gasteiger partial charge in [-0.1, -0.05) is 6.92 Å². The lowest BCUT2D eigenvalue weighted by atomic mass is 10.2. The molecule has 1 unspecified atom stereocenters. The molecule has 4 heteroatoms. The van der Waals surface area contributed by atoms with Gasteiger partial charge in [-0.05, 0) is 46.4 Å². The van der Waals surface area contributed by atoms with E-state index in [-0.39, 0.29) is 0 Å². The van der Waals surface area contributed by atoms with Crippen LogP contribution >= 0.6 is 27.3 Å². The van der Waals surface area contributed by atoms with Gasteiger partial charge in [-0.2, -0.15) is 0 Å². The van der Waals surface area contributed by atoms with Gasteiger partial charge in [0.05, 0.1) is 3.79 Å². The predicted molar refractivity (Wildman–Crippen MR) is 66.6 cm³/mol. The largest absolute Gasteiger partial charge is 0.327 e. The number of thiophene rings is 1. The van der Waals surface area contributed by atoms with E-state index < -0.39 is 0 Å². The molecule has 1 heterocycles. The SMILES string of the molecule is CCC(N)CN(C)Cc1csc(Br)c1. The monoisotopic (exact) mass is 276 g/mol. The number of rotatable bonds is 5. The van der Waals surface area contributed by atoms with Crippen LogP contribution in [0.4, 0.5) is 0 Å². The number of likely N-dealkylation sites (N-methyl/N-ethyl adjacent to an activating group) is 1. The zero-order valence-electron chi connectivity index (χ0n) is 8.66. The maximum atomic E-state index is 5.88. The van der Waals surface area contributed by atoms with Gasteiger partial charge in [0, 0.05) is 19.1 Å². The molecule has 1 aromatic heterocycles.